The van der Waals surface area contributed by atoms with Crippen molar-refractivity contribution in [2.45, 2.75) is 63.1 Å². The minimum Gasteiger partial charge on any atom is -0.454 e. The molecule has 0 bridgehead atoms. The first kappa shape index (κ1) is 22.9. The van der Waals surface area contributed by atoms with E-state index < -0.39 is 11.6 Å². The molecule has 172 valence electrons. The molecule has 3 atom stereocenters. The number of rotatable bonds is 8. The number of aryl methyl sites for hydroxylation is 1. The normalized spacial score (nSPS) is 25.9. The Labute approximate surface area is 191 Å². The summed E-state index contributed by atoms with van der Waals surface area (Å²) in [6.07, 6.45) is 12.9. The summed E-state index contributed by atoms with van der Waals surface area (Å²) in [5, 5.41) is 11.7. The van der Waals surface area contributed by atoms with E-state index in [1.807, 2.05) is 42.7 Å². The highest BCUT2D eigenvalue weighted by atomic mass is 16.6. The number of aliphatic hydroxyl groups is 1. The summed E-state index contributed by atoms with van der Waals surface area (Å²) < 4.78 is 6.95. The second kappa shape index (κ2) is 10.1. The van der Waals surface area contributed by atoms with Crippen LogP contribution in [0.25, 0.3) is 0 Å². The third-order valence-corrected chi connectivity index (χ3v) is 7.39. The zero-order valence-electron chi connectivity index (χ0n) is 19.2. The van der Waals surface area contributed by atoms with Gasteiger partial charge in [0, 0.05) is 31.2 Å². The Hall–Kier alpha value is -2.31. The van der Waals surface area contributed by atoms with E-state index in [0.29, 0.717) is 5.56 Å². The number of likely N-dealkylation sites (tertiary alicyclic amines) is 1. The molecule has 4 rings (SSSR count). The first-order valence-electron chi connectivity index (χ1n) is 12.1. The van der Waals surface area contributed by atoms with Crippen LogP contribution in [0.4, 0.5) is 0 Å². The lowest BCUT2D eigenvalue weighted by atomic mass is 9.80. The second-order valence-electron chi connectivity index (χ2n) is 9.88. The van der Waals surface area contributed by atoms with E-state index in [4.69, 9.17) is 4.74 Å². The molecule has 2 aromatic rings. The van der Waals surface area contributed by atoms with Gasteiger partial charge in [0.2, 0.25) is 0 Å². The average Bonchev–Trinajstić information content (AvgIpc) is 3.35. The topological polar surface area (TPSA) is 72.3 Å². The molecule has 6 heteroatoms. The van der Waals surface area contributed by atoms with Gasteiger partial charge in [0.25, 0.3) is 0 Å². The van der Waals surface area contributed by atoms with E-state index in [9.17, 15) is 9.90 Å². The number of nitrogens with zero attached hydrogens (tertiary/aromatic N) is 3. The number of esters is 1. The molecule has 1 saturated carbocycles. The molecule has 1 N–H and O–H groups in total. The Morgan fingerprint density at radius 2 is 1.84 bits per heavy atom. The molecule has 2 unspecified atom stereocenters. The number of hydrogen-bond acceptors (Lipinski definition) is 5. The van der Waals surface area contributed by atoms with Gasteiger partial charge in [-0.05, 0) is 36.8 Å². The summed E-state index contributed by atoms with van der Waals surface area (Å²) in [6.45, 7) is 2.91. The Morgan fingerprint density at radius 1 is 1.12 bits per heavy atom. The maximum Gasteiger partial charge on any atom is 0.343 e. The smallest absolute Gasteiger partial charge is 0.343 e. The van der Waals surface area contributed by atoms with Crippen LogP contribution in [0.3, 0.4) is 0 Å². The Bertz CT molecular complexity index is 872. The predicted octanol–water partition coefficient (Wildman–Crippen LogP) is 3.64. The van der Waals surface area contributed by atoms with E-state index >= 15 is 0 Å². The SMILES string of the molecule is C[N+]1(CCCc2cncnc2)CCC[C@@H](OC(=O)C(O)(c2ccccc2)C2CCCC2)C1. The van der Waals surface area contributed by atoms with Crippen LogP contribution in [-0.2, 0) is 21.6 Å². The van der Waals surface area contributed by atoms with Crippen molar-refractivity contribution in [3.05, 3.63) is 60.2 Å². The van der Waals surface area contributed by atoms with Crippen molar-refractivity contribution >= 4 is 5.97 Å². The van der Waals surface area contributed by atoms with Gasteiger partial charge in [0.1, 0.15) is 12.9 Å². The lowest BCUT2D eigenvalue weighted by Crippen LogP contribution is -2.55. The van der Waals surface area contributed by atoms with E-state index in [-0.39, 0.29) is 12.0 Å². The molecule has 2 aliphatic rings. The minimum atomic E-state index is -1.55. The van der Waals surface area contributed by atoms with Crippen LogP contribution in [0.1, 0.15) is 56.1 Å². The number of quaternary nitrogens is 1. The van der Waals surface area contributed by atoms with Crippen molar-refractivity contribution in [2.24, 2.45) is 5.92 Å². The standard InChI is InChI=1S/C26H36N3O3/c1-29(15-7-9-21-17-27-20-28-18-21)16-8-14-24(19-29)32-25(30)26(31,23-12-5-6-13-23)22-10-3-2-4-11-22/h2-4,10-11,17-18,20,23-24,31H,5-9,12-16,19H2,1H3/q+1/t24-,26?,29?/m1/s1. The molecule has 6 nitrogen and oxygen atoms in total. The largest absolute Gasteiger partial charge is 0.454 e. The monoisotopic (exact) mass is 438 g/mol. The van der Waals surface area contributed by atoms with Gasteiger partial charge < -0.3 is 14.3 Å². The van der Waals surface area contributed by atoms with Crippen molar-refractivity contribution in [3.8, 4) is 0 Å². The summed E-state index contributed by atoms with van der Waals surface area (Å²) in [7, 11) is 2.25. The fraction of sp³-hybridized carbons (Fsp3) is 0.577. The van der Waals surface area contributed by atoms with Crippen LogP contribution in [-0.4, -0.2) is 58.3 Å². The maximum absolute atomic E-state index is 13.4. The number of hydrogen-bond donors (Lipinski definition) is 1. The van der Waals surface area contributed by atoms with Crippen molar-refractivity contribution < 1.29 is 19.1 Å². The molecule has 2 fully saturated rings. The first-order valence-corrected chi connectivity index (χ1v) is 12.1. The fourth-order valence-electron chi connectivity index (χ4n) is 5.60. The fourth-order valence-corrected chi connectivity index (χ4v) is 5.60. The molecular formula is C26H36N3O3+. The van der Waals surface area contributed by atoms with Crippen molar-refractivity contribution in [3.63, 3.8) is 0 Å². The Morgan fingerprint density at radius 3 is 2.56 bits per heavy atom. The Kier molecular flexibility index (Phi) is 7.21. The molecular weight excluding hydrogens is 402 g/mol. The van der Waals surface area contributed by atoms with E-state index in [2.05, 4.69) is 17.0 Å². The van der Waals surface area contributed by atoms with Gasteiger partial charge in [0.05, 0.1) is 20.1 Å². The van der Waals surface area contributed by atoms with Crippen LogP contribution in [0.2, 0.25) is 0 Å². The Balaban J connectivity index is 1.40. The van der Waals surface area contributed by atoms with Crippen LogP contribution in [0.5, 0.6) is 0 Å². The number of likely N-dealkylation sites (N-methyl/N-ethyl adjacent to an activating group) is 1. The third kappa shape index (κ3) is 5.18. The molecule has 1 aromatic heterocycles. The second-order valence-corrected chi connectivity index (χ2v) is 9.88. The van der Waals surface area contributed by atoms with Gasteiger partial charge in [-0.25, -0.2) is 14.8 Å². The quantitative estimate of drug-likeness (QED) is 0.503. The van der Waals surface area contributed by atoms with Crippen molar-refractivity contribution in [1.82, 2.24) is 9.97 Å². The number of aromatic nitrogens is 2. The zero-order chi connectivity index (χ0) is 22.4. The number of benzene rings is 1. The van der Waals surface area contributed by atoms with Gasteiger partial charge >= 0.3 is 5.97 Å². The maximum atomic E-state index is 13.4. The first-order chi connectivity index (χ1) is 15.5. The van der Waals surface area contributed by atoms with E-state index in [1.165, 1.54) is 0 Å². The van der Waals surface area contributed by atoms with Crippen molar-refractivity contribution in [2.75, 3.05) is 26.7 Å². The molecule has 1 aliphatic heterocycles. The van der Waals surface area contributed by atoms with Crippen LogP contribution >= 0.6 is 0 Å². The molecule has 0 amide bonds. The summed E-state index contributed by atoms with van der Waals surface area (Å²) >= 11 is 0. The van der Waals surface area contributed by atoms with Gasteiger partial charge in [-0.3, -0.25) is 0 Å². The highest BCUT2D eigenvalue weighted by Gasteiger charge is 2.49. The van der Waals surface area contributed by atoms with E-state index in [0.717, 1.165) is 81.0 Å². The van der Waals surface area contributed by atoms with Gasteiger partial charge in [-0.15, -0.1) is 0 Å². The number of piperidine rings is 1. The molecule has 0 radical (unpaired) electrons. The van der Waals surface area contributed by atoms with E-state index in [1.54, 1.807) is 6.33 Å². The molecule has 1 aliphatic carbocycles. The summed E-state index contributed by atoms with van der Waals surface area (Å²) in [4.78, 5) is 21.6. The average molecular weight is 439 g/mol. The summed E-state index contributed by atoms with van der Waals surface area (Å²) in [5.41, 5.74) is 0.268. The predicted molar refractivity (Wildman–Crippen MR) is 123 cm³/mol. The number of ether oxygens (including phenoxy) is 1. The van der Waals surface area contributed by atoms with Gasteiger partial charge in [-0.2, -0.15) is 0 Å². The minimum absolute atomic E-state index is 0.0741. The molecule has 2 heterocycles. The van der Waals surface area contributed by atoms with Crippen LogP contribution in [0.15, 0.2) is 49.1 Å². The summed E-state index contributed by atoms with van der Waals surface area (Å²) in [5.74, 6) is -0.537. The summed E-state index contributed by atoms with van der Waals surface area (Å²) in [6, 6.07) is 9.39. The number of carbonyl (C=O) groups excluding carboxylic acids is 1. The van der Waals surface area contributed by atoms with Gasteiger partial charge in [0.15, 0.2) is 11.7 Å². The lowest BCUT2D eigenvalue weighted by Gasteiger charge is -2.42. The highest BCUT2D eigenvalue weighted by Crippen LogP contribution is 2.42. The third-order valence-electron chi connectivity index (χ3n) is 7.39. The van der Waals surface area contributed by atoms with Crippen LogP contribution in [0, 0.1) is 5.92 Å². The highest BCUT2D eigenvalue weighted by molar-refractivity contribution is 5.81. The van der Waals surface area contributed by atoms with Crippen molar-refractivity contribution in [1.29, 1.82) is 0 Å². The van der Waals surface area contributed by atoms with Gasteiger partial charge in [-0.1, -0.05) is 43.2 Å². The molecule has 1 saturated heterocycles. The molecule has 0 spiro atoms. The number of carbonyl (C=O) groups is 1. The zero-order valence-corrected chi connectivity index (χ0v) is 19.2. The molecule has 32 heavy (non-hydrogen) atoms. The lowest BCUT2D eigenvalue weighted by molar-refractivity contribution is -0.917. The molecule has 1 aromatic carbocycles. The van der Waals surface area contributed by atoms with Crippen LogP contribution < -0.4 is 0 Å².